The zero-order valence-electron chi connectivity index (χ0n) is 11.2. The SMILES string of the molecule is Cc1cccc(CN(C)Cc2ccc(N)cc2F)n1. The largest absolute Gasteiger partial charge is 0.399 e. The van der Waals surface area contributed by atoms with Crippen LogP contribution in [-0.4, -0.2) is 16.9 Å². The van der Waals surface area contributed by atoms with Crippen LogP contribution < -0.4 is 5.73 Å². The Hall–Kier alpha value is -1.94. The Morgan fingerprint density at radius 3 is 2.68 bits per heavy atom. The highest BCUT2D eigenvalue weighted by atomic mass is 19.1. The van der Waals surface area contributed by atoms with E-state index in [1.54, 1.807) is 12.1 Å². The normalized spacial score (nSPS) is 10.9. The third-order valence-corrected chi connectivity index (χ3v) is 2.90. The first kappa shape index (κ1) is 13.5. The fourth-order valence-corrected chi connectivity index (χ4v) is 2.00. The zero-order valence-corrected chi connectivity index (χ0v) is 11.2. The molecule has 1 aromatic carbocycles. The first-order valence-electron chi connectivity index (χ1n) is 6.19. The number of nitrogens with zero attached hydrogens (tertiary/aromatic N) is 2. The van der Waals surface area contributed by atoms with E-state index in [1.165, 1.54) is 6.07 Å². The Morgan fingerprint density at radius 2 is 2.00 bits per heavy atom. The number of nitrogen functional groups attached to an aromatic ring is 1. The molecule has 0 saturated heterocycles. The van der Waals surface area contributed by atoms with E-state index in [1.807, 2.05) is 37.1 Å². The molecule has 3 nitrogen and oxygen atoms in total. The van der Waals surface area contributed by atoms with E-state index in [4.69, 9.17) is 5.73 Å². The molecular formula is C15H18FN3. The van der Waals surface area contributed by atoms with Gasteiger partial charge in [0.15, 0.2) is 0 Å². The number of anilines is 1. The van der Waals surface area contributed by atoms with Gasteiger partial charge in [-0.2, -0.15) is 0 Å². The predicted molar refractivity (Wildman–Crippen MR) is 75.0 cm³/mol. The molecule has 2 rings (SSSR count). The number of hydrogen-bond acceptors (Lipinski definition) is 3. The van der Waals surface area contributed by atoms with Crippen LogP contribution >= 0.6 is 0 Å². The lowest BCUT2D eigenvalue weighted by Gasteiger charge is -2.17. The van der Waals surface area contributed by atoms with Gasteiger partial charge < -0.3 is 5.73 Å². The first-order chi connectivity index (χ1) is 9.04. The molecule has 1 heterocycles. The molecule has 4 heteroatoms. The van der Waals surface area contributed by atoms with Crippen LogP contribution in [0.1, 0.15) is 17.0 Å². The summed E-state index contributed by atoms with van der Waals surface area (Å²) in [6.45, 7) is 3.18. The molecule has 1 aromatic heterocycles. The molecule has 0 saturated carbocycles. The van der Waals surface area contributed by atoms with Gasteiger partial charge in [0.05, 0.1) is 5.69 Å². The number of pyridine rings is 1. The lowest BCUT2D eigenvalue weighted by atomic mass is 10.2. The maximum atomic E-state index is 13.7. The summed E-state index contributed by atoms with van der Waals surface area (Å²) in [5.41, 5.74) is 8.60. The molecule has 19 heavy (non-hydrogen) atoms. The summed E-state index contributed by atoms with van der Waals surface area (Å²) in [6.07, 6.45) is 0. The van der Waals surface area contributed by atoms with Gasteiger partial charge in [-0.15, -0.1) is 0 Å². The molecule has 0 aliphatic rings. The second-order valence-corrected chi connectivity index (χ2v) is 4.79. The quantitative estimate of drug-likeness (QED) is 0.858. The van der Waals surface area contributed by atoms with Gasteiger partial charge in [-0.05, 0) is 38.2 Å². The maximum Gasteiger partial charge on any atom is 0.129 e. The van der Waals surface area contributed by atoms with Crippen molar-refractivity contribution in [2.45, 2.75) is 20.0 Å². The topological polar surface area (TPSA) is 42.1 Å². The van der Waals surface area contributed by atoms with E-state index in [-0.39, 0.29) is 5.82 Å². The van der Waals surface area contributed by atoms with Gasteiger partial charge in [0.1, 0.15) is 5.82 Å². The summed E-state index contributed by atoms with van der Waals surface area (Å²) in [5.74, 6) is -0.260. The van der Waals surface area contributed by atoms with E-state index in [0.29, 0.717) is 24.3 Å². The van der Waals surface area contributed by atoms with Crippen molar-refractivity contribution < 1.29 is 4.39 Å². The van der Waals surface area contributed by atoms with Crippen molar-refractivity contribution in [1.82, 2.24) is 9.88 Å². The molecular weight excluding hydrogens is 241 g/mol. The van der Waals surface area contributed by atoms with Crippen LogP contribution in [0.15, 0.2) is 36.4 Å². The summed E-state index contributed by atoms with van der Waals surface area (Å²) in [5, 5.41) is 0. The Bertz CT molecular complexity index is 569. The van der Waals surface area contributed by atoms with Crippen molar-refractivity contribution >= 4 is 5.69 Å². The van der Waals surface area contributed by atoms with Crippen molar-refractivity contribution in [1.29, 1.82) is 0 Å². The summed E-state index contributed by atoms with van der Waals surface area (Å²) in [6, 6.07) is 10.7. The molecule has 0 unspecified atom stereocenters. The second kappa shape index (κ2) is 5.80. The number of nitrogens with two attached hydrogens (primary N) is 1. The fourth-order valence-electron chi connectivity index (χ4n) is 2.00. The molecule has 0 aliphatic carbocycles. The van der Waals surface area contributed by atoms with E-state index < -0.39 is 0 Å². The smallest absolute Gasteiger partial charge is 0.129 e. The van der Waals surface area contributed by atoms with Crippen molar-refractivity contribution in [3.05, 3.63) is 59.2 Å². The summed E-state index contributed by atoms with van der Waals surface area (Å²) in [4.78, 5) is 6.46. The van der Waals surface area contributed by atoms with Crippen LogP contribution in [0, 0.1) is 12.7 Å². The zero-order chi connectivity index (χ0) is 13.8. The van der Waals surface area contributed by atoms with E-state index in [9.17, 15) is 4.39 Å². The molecule has 0 bridgehead atoms. The third-order valence-electron chi connectivity index (χ3n) is 2.90. The van der Waals surface area contributed by atoms with Gasteiger partial charge >= 0.3 is 0 Å². The van der Waals surface area contributed by atoms with Gasteiger partial charge in [0.2, 0.25) is 0 Å². The fraction of sp³-hybridized carbons (Fsp3) is 0.267. The second-order valence-electron chi connectivity index (χ2n) is 4.79. The van der Waals surface area contributed by atoms with Gasteiger partial charge in [-0.25, -0.2) is 4.39 Å². The Morgan fingerprint density at radius 1 is 1.21 bits per heavy atom. The number of rotatable bonds is 4. The molecule has 0 spiro atoms. The van der Waals surface area contributed by atoms with Crippen molar-refractivity contribution in [2.75, 3.05) is 12.8 Å². The molecule has 0 radical (unpaired) electrons. The summed E-state index contributed by atoms with van der Waals surface area (Å²) < 4.78 is 13.7. The lowest BCUT2D eigenvalue weighted by Crippen LogP contribution is -2.19. The molecule has 2 N–H and O–H groups in total. The van der Waals surface area contributed by atoms with Crippen LogP contribution in [0.2, 0.25) is 0 Å². The first-order valence-corrected chi connectivity index (χ1v) is 6.19. The van der Waals surface area contributed by atoms with Crippen LogP contribution in [-0.2, 0) is 13.1 Å². The van der Waals surface area contributed by atoms with Crippen molar-refractivity contribution in [3.63, 3.8) is 0 Å². The van der Waals surface area contributed by atoms with Gasteiger partial charge in [-0.3, -0.25) is 9.88 Å². The van der Waals surface area contributed by atoms with E-state index in [0.717, 1.165) is 11.4 Å². The third kappa shape index (κ3) is 3.76. The van der Waals surface area contributed by atoms with Crippen LogP contribution in [0.3, 0.4) is 0 Å². The number of hydrogen-bond donors (Lipinski definition) is 1. The minimum Gasteiger partial charge on any atom is -0.399 e. The Balaban J connectivity index is 2.03. The van der Waals surface area contributed by atoms with Gasteiger partial charge in [0, 0.05) is 30.0 Å². The van der Waals surface area contributed by atoms with E-state index in [2.05, 4.69) is 4.98 Å². The van der Waals surface area contributed by atoms with Crippen LogP contribution in [0.4, 0.5) is 10.1 Å². The highest BCUT2D eigenvalue weighted by molar-refractivity contribution is 5.40. The molecule has 100 valence electrons. The van der Waals surface area contributed by atoms with E-state index >= 15 is 0 Å². The van der Waals surface area contributed by atoms with Crippen LogP contribution in [0.5, 0.6) is 0 Å². The predicted octanol–water partition coefficient (Wildman–Crippen LogP) is 2.74. The summed E-state index contributed by atoms with van der Waals surface area (Å²) in [7, 11) is 1.94. The average Bonchev–Trinajstić information content (AvgIpc) is 2.33. The monoisotopic (exact) mass is 259 g/mol. The van der Waals surface area contributed by atoms with Gasteiger partial charge in [0.25, 0.3) is 0 Å². The standard InChI is InChI=1S/C15H18FN3/c1-11-4-3-5-14(18-11)10-19(2)9-12-6-7-13(17)8-15(12)16/h3-8H,9-10,17H2,1-2H3. The molecule has 0 amide bonds. The molecule has 0 atom stereocenters. The molecule has 2 aromatic rings. The van der Waals surface area contributed by atoms with Crippen LogP contribution in [0.25, 0.3) is 0 Å². The molecule has 0 aliphatic heterocycles. The maximum absolute atomic E-state index is 13.7. The van der Waals surface area contributed by atoms with Crippen molar-refractivity contribution in [3.8, 4) is 0 Å². The Kier molecular flexibility index (Phi) is 4.12. The number of halogens is 1. The highest BCUT2D eigenvalue weighted by Crippen LogP contribution is 2.14. The number of benzene rings is 1. The van der Waals surface area contributed by atoms with Gasteiger partial charge in [-0.1, -0.05) is 12.1 Å². The summed E-state index contributed by atoms with van der Waals surface area (Å²) >= 11 is 0. The average molecular weight is 259 g/mol. The molecule has 0 fully saturated rings. The Labute approximate surface area is 112 Å². The number of aryl methyl sites for hydroxylation is 1. The highest BCUT2D eigenvalue weighted by Gasteiger charge is 2.07. The minimum absolute atomic E-state index is 0.260. The lowest BCUT2D eigenvalue weighted by molar-refractivity contribution is 0.309. The minimum atomic E-state index is -0.260. The number of aromatic nitrogens is 1. The van der Waals surface area contributed by atoms with Crippen molar-refractivity contribution in [2.24, 2.45) is 0 Å².